The largest absolute Gasteiger partial charge is 0.573 e. The van der Waals surface area contributed by atoms with Gasteiger partial charge in [0.25, 0.3) is 5.91 Å². The molecule has 0 unspecified atom stereocenters. The molecule has 166 valence electrons. The van der Waals surface area contributed by atoms with Crippen LogP contribution in [-0.4, -0.2) is 60.7 Å². The van der Waals surface area contributed by atoms with Gasteiger partial charge in [-0.1, -0.05) is 12.1 Å². The Kier molecular flexibility index (Phi) is 6.84. The number of carbonyl (C=O) groups excluding carboxylic acids is 2. The third-order valence-corrected chi connectivity index (χ3v) is 5.23. The van der Waals surface area contributed by atoms with Gasteiger partial charge in [0.2, 0.25) is 5.91 Å². The number of hydrogen-bond donors (Lipinski definition) is 1. The van der Waals surface area contributed by atoms with E-state index in [2.05, 4.69) is 10.1 Å². The minimum atomic E-state index is -4.76. The van der Waals surface area contributed by atoms with E-state index in [4.69, 9.17) is 0 Å². The Morgan fingerprint density at radius 1 is 1.00 bits per heavy atom. The summed E-state index contributed by atoms with van der Waals surface area (Å²) in [5.41, 5.74) is 3.12. The maximum Gasteiger partial charge on any atom is 0.573 e. The minimum absolute atomic E-state index is 0.00790. The predicted molar refractivity (Wildman–Crippen MR) is 110 cm³/mol. The summed E-state index contributed by atoms with van der Waals surface area (Å²) in [6.07, 6.45) is -4.76. The van der Waals surface area contributed by atoms with Crippen molar-refractivity contribution in [2.75, 3.05) is 38.0 Å². The second-order valence-corrected chi connectivity index (χ2v) is 7.44. The fourth-order valence-electron chi connectivity index (χ4n) is 3.41. The van der Waals surface area contributed by atoms with E-state index in [1.54, 1.807) is 4.90 Å². The molecule has 0 aliphatic carbocycles. The summed E-state index contributed by atoms with van der Waals surface area (Å²) < 4.78 is 40.4. The predicted octanol–water partition coefficient (Wildman–Crippen LogP) is 3.60. The molecule has 2 aromatic carbocycles. The van der Waals surface area contributed by atoms with Gasteiger partial charge in [0.15, 0.2) is 0 Å². The molecule has 1 heterocycles. The standard InChI is InChI=1S/C22H24F3N3O3/c1-15-4-3-5-19(16(15)2)21(30)28-12-10-27(11-13-28)14-20(29)26-17-6-8-18(9-7-17)31-22(23,24)25/h3-9H,10-14H2,1-2H3,(H,26,29). The number of piperazine rings is 1. The van der Waals surface area contributed by atoms with Crippen LogP contribution in [0.3, 0.4) is 0 Å². The molecule has 0 aromatic heterocycles. The number of nitrogens with zero attached hydrogens (tertiary/aromatic N) is 2. The van der Waals surface area contributed by atoms with Gasteiger partial charge in [-0.3, -0.25) is 14.5 Å². The molecule has 0 bridgehead atoms. The van der Waals surface area contributed by atoms with E-state index in [1.807, 2.05) is 36.9 Å². The van der Waals surface area contributed by atoms with Crippen molar-refractivity contribution in [2.45, 2.75) is 20.2 Å². The molecule has 0 saturated carbocycles. The van der Waals surface area contributed by atoms with Crippen LogP contribution in [0.15, 0.2) is 42.5 Å². The van der Waals surface area contributed by atoms with E-state index in [9.17, 15) is 22.8 Å². The maximum absolute atomic E-state index is 12.8. The highest BCUT2D eigenvalue weighted by atomic mass is 19.4. The molecule has 1 saturated heterocycles. The lowest BCUT2D eigenvalue weighted by atomic mass is 10.0. The van der Waals surface area contributed by atoms with Crippen molar-refractivity contribution >= 4 is 17.5 Å². The van der Waals surface area contributed by atoms with Gasteiger partial charge in [0.1, 0.15) is 5.75 Å². The van der Waals surface area contributed by atoms with Crippen molar-refractivity contribution in [3.05, 3.63) is 59.2 Å². The van der Waals surface area contributed by atoms with Crippen LogP contribution < -0.4 is 10.1 Å². The van der Waals surface area contributed by atoms with Crippen LogP contribution in [0.25, 0.3) is 0 Å². The number of amides is 2. The highest BCUT2D eigenvalue weighted by Crippen LogP contribution is 2.24. The minimum Gasteiger partial charge on any atom is -0.406 e. The normalized spacial score (nSPS) is 14.9. The Labute approximate surface area is 178 Å². The average Bonchev–Trinajstić information content (AvgIpc) is 2.70. The smallest absolute Gasteiger partial charge is 0.406 e. The first-order valence-electron chi connectivity index (χ1n) is 9.86. The third-order valence-electron chi connectivity index (χ3n) is 5.23. The van der Waals surface area contributed by atoms with Crippen molar-refractivity contribution < 1.29 is 27.5 Å². The van der Waals surface area contributed by atoms with Gasteiger partial charge in [-0.15, -0.1) is 13.2 Å². The molecule has 1 aliphatic rings. The first-order valence-corrected chi connectivity index (χ1v) is 9.86. The molecule has 0 radical (unpaired) electrons. The molecule has 6 nitrogen and oxygen atoms in total. The Bertz CT molecular complexity index is 937. The van der Waals surface area contributed by atoms with Gasteiger partial charge in [-0.25, -0.2) is 0 Å². The summed E-state index contributed by atoms with van der Waals surface area (Å²) in [5, 5.41) is 2.65. The molecule has 2 aromatic rings. The van der Waals surface area contributed by atoms with E-state index >= 15 is 0 Å². The van der Waals surface area contributed by atoms with Crippen LogP contribution >= 0.6 is 0 Å². The molecule has 0 atom stereocenters. The van der Waals surface area contributed by atoms with Crippen LogP contribution in [0.1, 0.15) is 21.5 Å². The van der Waals surface area contributed by atoms with Crippen LogP contribution in [-0.2, 0) is 4.79 Å². The summed E-state index contributed by atoms with van der Waals surface area (Å²) in [6.45, 7) is 6.19. The lowest BCUT2D eigenvalue weighted by molar-refractivity contribution is -0.274. The fraction of sp³-hybridized carbons (Fsp3) is 0.364. The maximum atomic E-state index is 12.8. The number of ether oxygens (including phenoxy) is 1. The summed E-state index contributed by atoms with van der Waals surface area (Å²) in [4.78, 5) is 28.8. The molecule has 31 heavy (non-hydrogen) atoms. The van der Waals surface area contributed by atoms with Crippen molar-refractivity contribution in [3.8, 4) is 5.75 Å². The number of alkyl halides is 3. The zero-order valence-electron chi connectivity index (χ0n) is 17.3. The van der Waals surface area contributed by atoms with E-state index in [1.165, 1.54) is 12.1 Å². The van der Waals surface area contributed by atoms with Crippen LogP contribution in [0.5, 0.6) is 5.75 Å². The number of halogens is 3. The van der Waals surface area contributed by atoms with Crippen molar-refractivity contribution in [1.82, 2.24) is 9.80 Å². The topological polar surface area (TPSA) is 61.9 Å². The summed E-state index contributed by atoms with van der Waals surface area (Å²) in [7, 11) is 0. The van der Waals surface area contributed by atoms with E-state index in [-0.39, 0.29) is 24.1 Å². The molecule has 0 spiro atoms. The van der Waals surface area contributed by atoms with E-state index < -0.39 is 6.36 Å². The zero-order valence-corrected chi connectivity index (χ0v) is 17.3. The Hall–Kier alpha value is -3.07. The Balaban J connectivity index is 1.48. The highest BCUT2D eigenvalue weighted by Gasteiger charge is 2.31. The molecular weight excluding hydrogens is 411 g/mol. The van der Waals surface area contributed by atoms with Crippen molar-refractivity contribution in [3.63, 3.8) is 0 Å². The highest BCUT2D eigenvalue weighted by molar-refractivity contribution is 5.96. The first-order chi connectivity index (χ1) is 14.6. The van der Waals surface area contributed by atoms with Gasteiger partial charge in [-0.2, -0.15) is 0 Å². The van der Waals surface area contributed by atoms with Gasteiger partial charge in [0.05, 0.1) is 6.54 Å². The average molecular weight is 435 g/mol. The summed E-state index contributed by atoms with van der Waals surface area (Å²) >= 11 is 0. The number of aryl methyl sites for hydroxylation is 1. The van der Waals surface area contributed by atoms with Gasteiger partial charge in [0, 0.05) is 37.4 Å². The Morgan fingerprint density at radius 3 is 2.26 bits per heavy atom. The second-order valence-electron chi connectivity index (χ2n) is 7.44. The number of benzene rings is 2. The quantitative estimate of drug-likeness (QED) is 0.780. The SMILES string of the molecule is Cc1cccc(C(=O)N2CCN(CC(=O)Nc3ccc(OC(F)(F)F)cc3)CC2)c1C. The monoisotopic (exact) mass is 435 g/mol. The van der Waals surface area contributed by atoms with Crippen molar-refractivity contribution in [1.29, 1.82) is 0 Å². The zero-order chi connectivity index (χ0) is 22.6. The summed E-state index contributed by atoms with van der Waals surface area (Å²) in [6, 6.07) is 10.6. The second kappa shape index (κ2) is 9.38. The number of nitrogens with one attached hydrogen (secondary N) is 1. The molecule has 2 amide bonds. The molecule has 1 aliphatic heterocycles. The Morgan fingerprint density at radius 2 is 1.65 bits per heavy atom. The van der Waals surface area contributed by atoms with Gasteiger partial charge >= 0.3 is 6.36 Å². The number of anilines is 1. The van der Waals surface area contributed by atoms with Crippen molar-refractivity contribution in [2.24, 2.45) is 0 Å². The van der Waals surface area contributed by atoms with E-state index in [0.717, 1.165) is 23.3 Å². The van der Waals surface area contributed by atoms with Crippen LogP contribution in [0.2, 0.25) is 0 Å². The lowest BCUT2D eigenvalue weighted by Crippen LogP contribution is -2.50. The molecule has 1 fully saturated rings. The number of hydrogen-bond acceptors (Lipinski definition) is 4. The van der Waals surface area contributed by atoms with Gasteiger partial charge < -0.3 is 15.0 Å². The third kappa shape index (κ3) is 6.21. The van der Waals surface area contributed by atoms with Gasteiger partial charge in [-0.05, 0) is 55.3 Å². The molecule has 9 heteroatoms. The molecule has 3 rings (SSSR count). The first kappa shape index (κ1) is 22.6. The number of carbonyl (C=O) groups is 2. The summed E-state index contributed by atoms with van der Waals surface area (Å²) in [5.74, 6) is -0.639. The molecular formula is C22H24F3N3O3. The van der Waals surface area contributed by atoms with E-state index in [0.29, 0.717) is 37.4 Å². The molecule has 1 N–H and O–H groups in total. The van der Waals surface area contributed by atoms with Crippen LogP contribution in [0, 0.1) is 13.8 Å². The fourth-order valence-corrected chi connectivity index (χ4v) is 3.41. The number of rotatable bonds is 5. The lowest BCUT2D eigenvalue weighted by Gasteiger charge is -2.34. The van der Waals surface area contributed by atoms with Crippen LogP contribution in [0.4, 0.5) is 18.9 Å².